The fourth-order valence-corrected chi connectivity index (χ4v) is 6.06. The van der Waals surface area contributed by atoms with E-state index in [1.54, 1.807) is 29.9 Å². The lowest BCUT2D eigenvalue weighted by molar-refractivity contribution is -0.123. The van der Waals surface area contributed by atoms with Crippen LogP contribution in [-0.2, 0) is 15.0 Å². The summed E-state index contributed by atoms with van der Waals surface area (Å²) < 4.78 is 12.8. The number of thioether (sulfide) groups is 1. The van der Waals surface area contributed by atoms with Crippen molar-refractivity contribution < 1.29 is 19.1 Å². The fourth-order valence-electron chi connectivity index (χ4n) is 4.66. The van der Waals surface area contributed by atoms with E-state index >= 15 is 0 Å². The van der Waals surface area contributed by atoms with Gasteiger partial charge in [-0.25, -0.2) is 4.68 Å². The summed E-state index contributed by atoms with van der Waals surface area (Å²) in [5.74, 6) is 1.82. The smallest absolute Gasteiger partial charge is 0.240 e. The number of halogens is 1. The van der Waals surface area contributed by atoms with Crippen molar-refractivity contribution in [3.63, 3.8) is 0 Å². The molecule has 4 rings (SSSR count). The van der Waals surface area contributed by atoms with Gasteiger partial charge in [0.05, 0.1) is 41.6 Å². The molecule has 0 aliphatic carbocycles. The van der Waals surface area contributed by atoms with Crippen molar-refractivity contribution in [3.8, 4) is 17.2 Å². The van der Waals surface area contributed by atoms with Crippen molar-refractivity contribution in [2.24, 2.45) is 5.92 Å². The van der Waals surface area contributed by atoms with E-state index < -0.39 is 0 Å². The maximum atomic E-state index is 13.8. The third-order valence-corrected chi connectivity index (χ3v) is 8.17. The Hall–Kier alpha value is -3.17. The second kappa shape index (κ2) is 12.1. The molecule has 1 aromatic heterocycles. The number of para-hydroxylation sites is 1. The molecule has 10 heteroatoms. The molecule has 214 valence electrons. The number of hydrogen-bond donors (Lipinski definition) is 1. The maximum Gasteiger partial charge on any atom is 0.240 e. The molecule has 0 bridgehead atoms. The Balaban J connectivity index is 2.00. The first-order valence-corrected chi connectivity index (χ1v) is 14.7. The van der Waals surface area contributed by atoms with Gasteiger partial charge in [-0.2, -0.15) is 5.10 Å². The number of benzene rings is 2. The molecule has 1 atom stereocenters. The lowest BCUT2D eigenvalue weighted by atomic mass is 9.87. The monoisotopic (exact) mass is 584 g/mol. The summed E-state index contributed by atoms with van der Waals surface area (Å²) in [5.41, 5.74) is 2.87. The van der Waals surface area contributed by atoms with Crippen LogP contribution in [-0.4, -0.2) is 54.7 Å². The van der Waals surface area contributed by atoms with E-state index in [1.807, 2.05) is 50.2 Å². The average Bonchev–Trinajstić information content (AvgIpc) is 3.24. The molecule has 0 fully saturated rings. The van der Waals surface area contributed by atoms with Crippen LogP contribution < -0.4 is 19.7 Å². The number of hydrogen-bond acceptors (Lipinski definition) is 6. The van der Waals surface area contributed by atoms with Crippen molar-refractivity contribution in [3.05, 3.63) is 64.3 Å². The van der Waals surface area contributed by atoms with Crippen molar-refractivity contribution in [2.75, 3.05) is 38.0 Å². The number of fused-ring (bicyclic) bond motifs is 1. The van der Waals surface area contributed by atoms with Crippen LogP contribution >= 0.6 is 23.4 Å². The van der Waals surface area contributed by atoms with E-state index in [1.165, 1.54) is 11.8 Å². The minimum absolute atomic E-state index is 0.127. The summed E-state index contributed by atoms with van der Waals surface area (Å²) in [5, 5.41) is 8.26. The van der Waals surface area contributed by atoms with Gasteiger partial charge in [-0.15, -0.1) is 11.8 Å². The minimum Gasteiger partial charge on any atom is -0.493 e. The van der Waals surface area contributed by atoms with Crippen LogP contribution in [0.1, 0.15) is 56.7 Å². The zero-order valence-electron chi connectivity index (χ0n) is 24.1. The van der Waals surface area contributed by atoms with Gasteiger partial charge in [-0.3, -0.25) is 14.5 Å². The van der Waals surface area contributed by atoms with Crippen LogP contribution in [0.25, 0.3) is 5.69 Å². The molecule has 0 radical (unpaired) electrons. The first-order valence-electron chi connectivity index (χ1n) is 13.2. The lowest BCUT2D eigenvalue weighted by Crippen LogP contribution is -2.43. The Bertz CT molecular complexity index is 1400. The number of amides is 2. The van der Waals surface area contributed by atoms with Gasteiger partial charge >= 0.3 is 0 Å². The third kappa shape index (κ3) is 6.10. The van der Waals surface area contributed by atoms with Gasteiger partial charge in [-0.05, 0) is 35.7 Å². The summed E-state index contributed by atoms with van der Waals surface area (Å²) in [7, 11) is 3.20. The highest BCUT2D eigenvalue weighted by Gasteiger charge is 2.40. The predicted octanol–water partition coefficient (Wildman–Crippen LogP) is 5.78. The van der Waals surface area contributed by atoms with Crippen LogP contribution in [0.5, 0.6) is 11.5 Å². The van der Waals surface area contributed by atoms with Crippen LogP contribution in [0, 0.1) is 5.92 Å². The Morgan fingerprint density at radius 3 is 2.48 bits per heavy atom. The van der Waals surface area contributed by atoms with Crippen LogP contribution in [0.2, 0.25) is 5.02 Å². The molecule has 0 spiro atoms. The van der Waals surface area contributed by atoms with Crippen LogP contribution in [0.15, 0.2) is 42.5 Å². The van der Waals surface area contributed by atoms with Crippen LogP contribution in [0.4, 0.5) is 5.82 Å². The second-order valence-electron chi connectivity index (χ2n) is 11.2. The van der Waals surface area contributed by atoms with E-state index in [0.717, 1.165) is 16.8 Å². The van der Waals surface area contributed by atoms with Crippen molar-refractivity contribution in [2.45, 2.75) is 45.3 Å². The quantitative estimate of drug-likeness (QED) is 0.361. The molecule has 8 nitrogen and oxygen atoms in total. The molecular weight excluding hydrogens is 548 g/mol. The number of nitrogens with zero attached hydrogens (tertiary/aromatic N) is 3. The number of carbonyl (C=O) groups excluding carboxylic acids is 2. The molecule has 1 aliphatic rings. The normalized spacial score (nSPS) is 15.6. The summed E-state index contributed by atoms with van der Waals surface area (Å²) in [6.45, 7) is 10.7. The number of aromatic nitrogens is 2. The number of carbonyl (C=O) groups is 2. The molecule has 0 saturated heterocycles. The summed E-state index contributed by atoms with van der Waals surface area (Å²) in [4.78, 5) is 28.5. The highest BCUT2D eigenvalue weighted by molar-refractivity contribution is 8.00. The highest BCUT2D eigenvalue weighted by Crippen LogP contribution is 2.49. The molecule has 1 N–H and O–H groups in total. The minimum atomic E-state index is -0.384. The first kappa shape index (κ1) is 29.8. The third-order valence-electron chi connectivity index (χ3n) is 6.60. The Morgan fingerprint density at radius 1 is 1.15 bits per heavy atom. The standard InChI is InChI=1S/C30H37ClN4O4S/c1-18(2)15-32-24(36)16-34-25(37)17-40-27(19-12-13-22(38-6)23(14-19)39-7)26-28(30(3,4)5)33-35(29(26)34)21-11-9-8-10-20(21)31/h8-14,18,27H,15-17H2,1-7H3,(H,32,36)/t27-/m1/s1. The van der Waals surface area contributed by atoms with Crippen molar-refractivity contribution in [1.29, 1.82) is 0 Å². The summed E-state index contributed by atoms with van der Waals surface area (Å²) in [6.07, 6.45) is 0. The summed E-state index contributed by atoms with van der Waals surface area (Å²) in [6, 6.07) is 13.2. The molecule has 2 amide bonds. The molecule has 1 aliphatic heterocycles. The van der Waals surface area contributed by atoms with Crippen LogP contribution in [0.3, 0.4) is 0 Å². The first-order chi connectivity index (χ1) is 19.0. The Labute approximate surface area is 245 Å². The topological polar surface area (TPSA) is 85.7 Å². The second-order valence-corrected chi connectivity index (χ2v) is 12.7. The van der Waals surface area contributed by atoms with E-state index in [9.17, 15) is 9.59 Å². The molecule has 2 heterocycles. The zero-order valence-corrected chi connectivity index (χ0v) is 25.7. The molecular formula is C30H37ClN4O4S. The number of ether oxygens (including phenoxy) is 2. The molecule has 3 aromatic rings. The predicted molar refractivity (Wildman–Crippen MR) is 161 cm³/mol. The number of nitrogens with one attached hydrogen (secondary N) is 1. The summed E-state index contributed by atoms with van der Waals surface area (Å²) >= 11 is 8.19. The van der Waals surface area contributed by atoms with Gasteiger partial charge in [0, 0.05) is 17.5 Å². The lowest BCUT2D eigenvalue weighted by Gasteiger charge is -2.25. The van der Waals surface area contributed by atoms with E-state index in [2.05, 4.69) is 26.1 Å². The van der Waals surface area contributed by atoms with E-state index in [-0.39, 0.29) is 40.7 Å². The number of anilines is 1. The van der Waals surface area contributed by atoms with Gasteiger partial charge < -0.3 is 14.8 Å². The van der Waals surface area contributed by atoms with Gasteiger partial charge in [0.1, 0.15) is 12.4 Å². The average molecular weight is 585 g/mol. The highest BCUT2D eigenvalue weighted by atomic mass is 35.5. The maximum absolute atomic E-state index is 13.8. The van der Waals surface area contributed by atoms with E-state index in [0.29, 0.717) is 34.6 Å². The molecule has 0 saturated carbocycles. The number of rotatable bonds is 8. The molecule has 2 aromatic carbocycles. The van der Waals surface area contributed by atoms with Gasteiger partial charge in [-0.1, -0.05) is 64.4 Å². The van der Waals surface area contributed by atoms with Gasteiger partial charge in [0.25, 0.3) is 0 Å². The molecule has 0 unspecified atom stereocenters. The zero-order chi connectivity index (χ0) is 29.2. The number of methoxy groups -OCH3 is 2. The largest absolute Gasteiger partial charge is 0.493 e. The van der Waals surface area contributed by atoms with Crippen molar-refractivity contribution >= 4 is 41.0 Å². The SMILES string of the molecule is COc1ccc([C@H]2SCC(=O)N(CC(=O)NCC(C)C)c3c2c(C(C)(C)C)nn3-c2ccccc2Cl)cc1OC. The van der Waals surface area contributed by atoms with Gasteiger partial charge in [0.2, 0.25) is 11.8 Å². The van der Waals surface area contributed by atoms with Gasteiger partial charge in [0.15, 0.2) is 11.5 Å². The Kier molecular flexibility index (Phi) is 9.05. The fraction of sp³-hybridized carbons (Fsp3) is 0.433. The Morgan fingerprint density at radius 2 is 1.85 bits per heavy atom. The van der Waals surface area contributed by atoms with E-state index in [4.69, 9.17) is 26.2 Å². The molecule has 40 heavy (non-hydrogen) atoms. The van der Waals surface area contributed by atoms with Crippen molar-refractivity contribution in [1.82, 2.24) is 15.1 Å².